The van der Waals surface area contributed by atoms with Crippen molar-refractivity contribution < 1.29 is 38.1 Å². The molecule has 0 amide bonds. The number of nitrogens with zero attached hydrogens (tertiary/aromatic N) is 4. The van der Waals surface area contributed by atoms with Crippen LogP contribution in [0, 0.1) is 23.7 Å². The van der Waals surface area contributed by atoms with E-state index in [1.807, 2.05) is 0 Å². The zero-order valence-corrected chi connectivity index (χ0v) is 32.9. The van der Waals surface area contributed by atoms with E-state index in [0.717, 1.165) is 64.2 Å². The Morgan fingerprint density at radius 2 is 0.593 bits per heavy atom. The number of ether oxygens (including phenoxy) is 4. The Bertz CT molecular complexity index is 1340. The highest BCUT2D eigenvalue weighted by atomic mass is 16.6. The Labute approximate surface area is 321 Å². The van der Waals surface area contributed by atoms with Gasteiger partial charge in [0.15, 0.2) is 0 Å². The highest BCUT2D eigenvalue weighted by Crippen LogP contribution is 2.42. The first-order chi connectivity index (χ1) is 26.0. The third-order valence-electron chi connectivity index (χ3n) is 15.5. The fourth-order valence-electron chi connectivity index (χ4n) is 11.9. The highest BCUT2D eigenvalue weighted by molar-refractivity contribution is 5.98. The van der Waals surface area contributed by atoms with Gasteiger partial charge in [0, 0.05) is 85.9 Å². The van der Waals surface area contributed by atoms with Crippen LogP contribution in [0.1, 0.15) is 116 Å². The van der Waals surface area contributed by atoms with Gasteiger partial charge in [-0.15, -0.1) is 0 Å². The normalized spacial score (nSPS) is 42.4. The smallest absolute Gasteiger partial charge is 0.385 e. The van der Waals surface area contributed by atoms with Crippen LogP contribution < -0.4 is 0 Å². The van der Waals surface area contributed by atoms with Gasteiger partial charge in [-0.2, -0.15) is 0 Å². The third-order valence-corrected chi connectivity index (χ3v) is 15.5. The molecule has 9 aliphatic rings. The number of carbonyl (C=O) groups excluding carboxylic acids is 4. The van der Waals surface area contributed by atoms with Crippen molar-refractivity contribution in [3.63, 3.8) is 0 Å². The average Bonchev–Trinajstić information content (AvgIpc) is 3.60. The number of piperidine rings is 4. The molecule has 14 atom stereocenters. The van der Waals surface area contributed by atoms with Crippen LogP contribution in [0.3, 0.4) is 0 Å². The lowest BCUT2D eigenvalue weighted by Gasteiger charge is -2.40. The molecule has 8 heterocycles. The zero-order chi connectivity index (χ0) is 37.7. The number of rotatable bonds is 6. The molecule has 298 valence electrons. The number of esters is 4. The summed E-state index contributed by atoms with van der Waals surface area (Å²) in [7, 11) is 8.66. The largest absolute Gasteiger partial charge is 0.462 e. The second-order valence-corrected chi connectivity index (χ2v) is 18.3. The van der Waals surface area contributed by atoms with E-state index in [0.29, 0.717) is 48.3 Å². The minimum atomic E-state index is -0.612. The molecule has 1 saturated carbocycles. The van der Waals surface area contributed by atoms with Crippen molar-refractivity contribution in [2.75, 3.05) is 28.2 Å². The van der Waals surface area contributed by atoms with Crippen LogP contribution in [-0.2, 0) is 38.1 Å². The summed E-state index contributed by atoms with van der Waals surface area (Å²) in [6.45, 7) is 0. The van der Waals surface area contributed by atoms with Crippen molar-refractivity contribution in [3.8, 4) is 11.8 Å². The summed E-state index contributed by atoms with van der Waals surface area (Å²) in [5.74, 6) is 2.52. The summed E-state index contributed by atoms with van der Waals surface area (Å²) >= 11 is 0. The molecule has 1 aliphatic carbocycles. The van der Waals surface area contributed by atoms with Crippen molar-refractivity contribution >= 4 is 23.9 Å². The first kappa shape index (κ1) is 38.2. The van der Waals surface area contributed by atoms with Gasteiger partial charge in [0.2, 0.25) is 0 Å². The highest BCUT2D eigenvalue weighted by Gasteiger charge is 2.48. The molecule has 12 heteroatoms. The van der Waals surface area contributed by atoms with Gasteiger partial charge in [-0.25, -0.2) is 9.59 Å². The molecule has 0 spiro atoms. The zero-order valence-electron chi connectivity index (χ0n) is 32.9. The summed E-state index contributed by atoms with van der Waals surface area (Å²) in [6.07, 6.45) is 18.2. The van der Waals surface area contributed by atoms with E-state index >= 15 is 0 Å². The maximum Gasteiger partial charge on any atom is 0.385 e. The van der Waals surface area contributed by atoms with Crippen molar-refractivity contribution in [2.45, 2.75) is 188 Å². The quantitative estimate of drug-likeness (QED) is 0.171. The van der Waals surface area contributed by atoms with Gasteiger partial charge >= 0.3 is 23.9 Å². The number of hydrogen-bond acceptors (Lipinski definition) is 12. The van der Waals surface area contributed by atoms with E-state index in [4.69, 9.17) is 18.9 Å². The van der Waals surface area contributed by atoms with Gasteiger partial charge in [0.25, 0.3) is 0 Å². The molecule has 9 rings (SSSR count). The molecular weight excluding hydrogens is 688 g/mol. The van der Waals surface area contributed by atoms with Crippen LogP contribution in [0.15, 0.2) is 0 Å². The average molecular weight is 751 g/mol. The second-order valence-electron chi connectivity index (χ2n) is 18.3. The van der Waals surface area contributed by atoms with Crippen molar-refractivity contribution in [1.82, 2.24) is 19.6 Å². The predicted octanol–water partition coefficient (Wildman–Crippen LogP) is 3.68. The maximum atomic E-state index is 12.7. The van der Waals surface area contributed by atoms with E-state index < -0.39 is 11.9 Å². The number of fused-ring (bicyclic) bond motifs is 8. The Kier molecular flexibility index (Phi) is 11.3. The summed E-state index contributed by atoms with van der Waals surface area (Å²) < 4.78 is 22.7. The summed E-state index contributed by atoms with van der Waals surface area (Å²) in [6, 6.07) is 4.23. The van der Waals surface area contributed by atoms with Crippen molar-refractivity contribution in [1.29, 1.82) is 0 Å². The molecule has 0 radical (unpaired) electrons. The molecule has 8 bridgehead atoms. The van der Waals surface area contributed by atoms with Crippen molar-refractivity contribution in [2.24, 2.45) is 11.8 Å². The van der Waals surface area contributed by atoms with Crippen LogP contribution in [0.5, 0.6) is 0 Å². The van der Waals surface area contributed by atoms with Crippen LogP contribution in [0.4, 0.5) is 0 Å². The first-order valence-electron chi connectivity index (χ1n) is 21.2. The van der Waals surface area contributed by atoms with Gasteiger partial charge in [-0.1, -0.05) is 0 Å². The Morgan fingerprint density at radius 3 is 0.815 bits per heavy atom. The molecule has 0 aromatic rings. The predicted molar refractivity (Wildman–Crippen MR) is 199 cm³/mol. The lowest BCUT2D eigenvalue weighted by atomic mass is 9.73. The molecular formula is C42H62N4O8. The monoisotopic (exact) mass is 750 g/mol. The topological polar surface area (TPSA) is 118 Å². The molecule has 0 aromatic carbocycles. The fraction of sp³-hybridized carbons (Fsp3) is 0.857. The van der Waals surface area contributed by atoms with Crippen LogP contribution in [0.2, 0.25) is 0 Å². The minimum absolute atomic E-state index is 0.0305. The lowest BCUT2D eigenvalue weighted by Crippen LogP contribution is -2.47. The van der Waals surface area contributed by atoms with E-state index in [1.54, 1.807) is 0 Å². The summed E-state index contributed by atoms with van der Waals surface area (Å²) in [5.41, 5.74) is 0. The molecule has 0 N–H and O–H groups in total. The molecule has 8 aliphatic heterocycles. The van der Waals surface area contributed by atoms with E-state index in [-0.39, 0.29) is 48.2 Å². The van der Waals surface area contributed by atoms with Crippen LogP contribution in [0.25, 0.3) is 0 Å². The Balaban J connectivity index is 0.000000154. The number of hydrogen-bond donors (Lipinski definition) is 0. The fourth-order valence-corrected chi connectivity index (χ4v) is 11.9. The molecule has 9 fully saturated rings. The number of carbonyl (C=O) groups is 4. The third kappa shape index (κ3) is 8.07. The molecule has 8 saturated heterocycles. The first-order valence-corrected chi connectivity index (χ1v) is 21.2. The minimum Gasteiger partial charge on any atom is -0.462 e. The Morgan fingerprint density at radius 1 is 0.370 bits per heavy atom. The van der Waals surface area contributed by atoms with E-state index in [1.165, 1.54) is 51.4 Å². The van der Waals surface area contributed by atoms with E-state index in [9.17, 15) is 19.2 Å². The van der Waals surface area contributed by atoms with Crippen LogP contribution >= 0.6 is 0 Å². The second kappa shape index (κ2) is 16.0. The van der Waals surface area contributed by atoms with Gasteiger partial charge < -0.3 is 38.5 Å². The maximum absolute atomic E-state index is 12.7. The van der Waals surface area contributed by atoms with Gasteiger partial charge in [-0.3, -0.25) is 9.59 Å². The summed E-state index contributed by atoms with van der Waals surface area (Å²) in [5, 5.41) is 0. The Hall–Kier alpha value is -2.72. The molecule has 6 unspecified atom stereocenters. The standard InChI is InChI=1S/C22H34N2O4.C20H28N2O4/c1-23-13-3-4-14(23)10-17(9-13)27-21(25)19-7-8-20(19)22(26)28-18-11-15-5-6-16(12-18)24(15)2;1-21-13-3-4-14(21)10-17(9-13)25-19(23)7-8-20(24)26-18-11-15-5-6-16(12-18)22(15)2/h13-20H,3-12H2,1-2H3;13-18H,3-6,9-12H2,1-2H3/t13-,14+,15-,16+,17?,18?,19?,20?;13-,14+,15-,16+,17?,18?. The van der Waals surface area contributed by atoms with E-state index in [2.05, 4.69) is 59.6 Å². The molecule has 0 aromatic heterocycles. The van der Waals surface area contributed by atoms with Gasteiger partial charge in [0.05, 0.1) is 11.8 Å². The van der Waals surface area contributed by atoms with Gasteiger partial charge in [0.1, 0.15) is 24.4 Å². The molecule has 12 nitrogen and oxygen atoms in total. The lowest BCUT2D eigenvalue weighted by molar-refractivity contribution is -0.176. The SMILES string of the molecule is CN1[C@@H]2CC[C@H]1CC(OC(=O)C#CC(=O)OC1C[C@H]3CC[C@@H](C1)N3C)C2.CN1[C@@H]2CC[C@H]1CC(OC(=O)C1CCC1C(=O)OC1C[C@H]3CC[C@@H](C1)N3C)C2. The summed E-state index contributed by atoms with van der Waals surface area (Å²) in [4.78, 5) is 59.0. The molecule has 54 heavy (non-hydrogen) atoms. The van der Waals surface area contributed by atoms with Crippen LogP contribution in [-0.4, -0.2) is 144 Å². The van der Waals surface area contributed by atoms with Crippen molar-refractivity contribution in [3.05, 3.63) is 0 Å². The van der Waals surface area contributed by atoms with Gasteiger partial charge in [-0.05, 0) is 118 Å².